The van der Waals surface area contributed by atoms with Crippen LogP contribution in [0.1, 0.15) is 42.4 Å². The molecule has 1 aliphatic heterocycles. The molecule has 0 saturated carbocycles. The Kier molecular flexibility index (Phi) is 8.59. The van der Waals surface area contributed by atoms with Gasteiger partial charge >= 0.3 is 0 Å². The summed E-state index contributed by atoms with van der Waals surface area (Å²) in [5, 5.41) is 6.83. The summed E-state index contributed by atoms with van der Waals surface area (Å²) in [5.74, 6) is 3.05. The van der Waals surface area contributed by atoms with Gasteiger partial charge in [-0.3, -0.25) is 4.99 Å². The van der Waals surface area contributed by atoms with Gasteiger partial charge in [0, 0.05) is 32.1 Å². The molecule has 1 saturated heterocycles. The summed E-state index contributed by atoms with van der Waals surface area (Å²) in [5.41, 5.74) is 3.61. The fourth-order valence-corrected chi connectivity index (χ4v) is 3.61. The summed E-state index contributed by atoms with van der Waals surface area (Å²) in [6, 6.07) is 14.6. The number of aliphatic imine (C=N–C) groups is 1. The van der Waals surface area contributed by atoms with E-state index in [9.17, 15) is 0 Å². The van der Waals surface area contributed by atoms with Gasteiger partial charge in [-0.1, -0.05) is 31.2 Å². The molecular weight excluding hydrogens is 390 g/mol. The van der Waals surface area contributed by atoms with E-state index in [1.807, 2.05) is 12.1 Å². The number of hydrogen-bond acceptors (Lipinski definition) is 4. The number of rotatable bonds is 9. The maximum absolute atomic E-state index is 6.20. The van der Waals surface area contributed by atoms with Crippen molar-refractivity contribution in [2.24, 2.45) is 4.99 Å². The zero-order chi connectivity index (χ0) is 22.1. The maximum Gasteiger partial charge on any atom is 0.191 e. The maximum atomic E-state index is 6.20. The Bertz CT molecular complexity index is 846. The first kappa shape index (κ1) is 22.9. The van der Waals surface area contributed by atoms with Crippen molar-refractivity contribution in [2.45, 2.75) is 45.3 Å². The number of benzene rings is 2. The molecule has 2 aromatic carbocycles. The van der Waals surface area contributed by atoms with Gasteiger partial charge in [-0.25, -0.2) is 0 Å². The Morgan fingerprint density at radius 1 is 1.19 bits per heavy atom. The highest BCUT2D eigenvalue weighted by atomic mass is 16.5. The highest BCUT2D eigenvalue weighted by molar-refractivity contribution is 5.79. The van der Waals surface area contributed by atoms with Gasteiger partial charge in [0.05, 0.1) is 20.3 Å². The molecule has 31 heavy (non-hydrogen) atoms. The largest absolute Gasteiger partial charge is 0.497 e. The summed E-state index contributed by atoms with van der Waals surface area (Å²) >= 11 is 0. The van der Waals surface area contributed by atoms with Crippen LogP contribution in [0.3, 0.4) is 0 Å². The smallest absolute Gasteiger partial charge is 0.191 e. The second-order valence-corrected chi connectivity index (χ2v) is 8.03. The zero-order valence-corrected chi connectivity index (χ0v) is 19.1. The molecule has 0 spiro atoms. The van der Waals surface area contributed by atoms with Crippen LogP contribution in [0.5, 0.6) is 11.5 Å². The SMILES string of the molecule is CN=C(NCCC(C)c1ccc(OC)cc1)NCc1ccc(C)cc1OC1CCOC1. The van der Waals surface area contributed by atoms with Crippen LogP contribution in [-0.2, 0) is 11.3 Å². The fourth-order valence-electron chi connectivity index (χ4n) is 3.61. The normalized spacial score (nSPS) is 17.3. The molecule has 2 aromatic rings. The van der Waals surface area contributed by atoms with Crippen LogP contribution in [0.4, 0.5) is 0 Å². The average molecular weight is 426 g/mol. The molecular formula is C25H35N3O3. The van der Waals surface area contributed by atoms with Crippen LogP contribution in [0.2, 0.25) is 0 Å². The monoisotopic (exact) mass is 425 g/mol. The standard InChI is InChI=1S/C25H35N3O3/c1-18-5-6-21(24(15-18)31-23-12-14-30-17-23)16-28-25(26-3)27-13-11-19(2)20-7-9-22(29-4)10-8-20/h5-10,15,19,23H,11-14,16-17H2,1-4H3,(H2,26,27,28). The number of hydrogen-bond donors (Lipinski definition) is 2. The lowest BCUT2D eigenvalue weighted by Gasteiger charge is -2.18. The Hall–Kier alpha value is -2.73. The molecule has 1 fully saturated rings. The third-order valence-electron chi connectivity index (χ3n) is 5.63. The molecule has 168 valence electrons. The molecule has 2 atom stereocenters. The van der Waals surface area contributed by atoms with E-state index >= 15 is 0 Å². The van der Waals surface area contributed by atoms with Crippen LogP contribution in [0, 0.1) is 6.92 Å². The van der Waals surface area contributed by atoms with Gasteiger partial charge in [0.15, 0.2) is 5.96 Å². The predicted molar refractivity (Wildman–Crippen MR) is 125 cm³/mol. The summed E-state index contributed by atoms with van der Waals surface area (Å²) in [7, 11) is 3.49. The summed E-state index contributed by atoms with van der Waals surface area (Å²) in [4.78, 5) is 4.36. The first-order valence-corrected chi connectivity index (χ1v) is 11.0. The molecule has 0 amide bonds. The molecule has 0 aliphatic carbocycles. The number of aryl methyl sites for hydroxylation is 1. The van der Waals surface area contributed by atoms with Gasteiger partial charge < -0.3 is 24.8 Å². The molecule has 0 bridgehead atoms. The third-order valence-corrected chi connectivity index (χ3v) is 5.63. The lowest BCUT2D eigenvalue weighted by atomic mass is 9.98. The first-order valence-electron chi connectivity index (χ1n) is 11.0. The van der Waals surface area contributed by atoms with Gasteiger partial charge in [-0.05, 0) is 48.6 Å². The van der Waals surface area contributed by atoms with Crippen molar-refractivity contribution in [3.63, 3.8) is 0 Å². The third kappa shape index (κ3) is 6.89. The predicted octanol–water partition coefficient (Wildman–Crippen LogP) is 4.03. The van der Waals surface area contributed by atoms with Gasteiger partial charge in [-0.15, -0.1) is 0 Å². The molecule has 2 N–H and O–H groups in total. The lowest BCUT2D eigenvalue weighted by Crippen LogP contribution is -2.37. The molecule has 0 radical (unpaired) electrons. The lowest BCUT2D eigenvalue weighted by molar-refractivity contribution is 0.140. The van der Waals surface area contributed by atoms with E-state index in [0.717, 1.165) is 49.0 Å². The summed E-state index contributed by atoms with van der Waals surface area (Å²) in [6.45, 7) is 7.24. The van der Waals surface area contributed by atoms with Crippen molar-refractivity contribution < 1.29 is 14.2 Å². The van der Waals surface area contributed by atoms with Crippen LogP contribution >= 0.6 is 0 Å². The van der Waals surface area contributed by atoms with Gasteiger partial charge in [0.1, 0.15) is 17.6 Å². The molecule has 6 nitrogen and oxygen atoms in total. The number of methoxy groups -OCH3 is 1. The van der Waals surface area contributed by atoms with Crippen LogP contribution < -0.4 is 20.1 Å². The van der Waals surface area contributed by atoms with Crippen molar-refractivity contribution in [1.82, 2.24) is 10.6 Å². The molecule has 1 heterocycles. The zero-order valence-electron chi connectivity index (χ0n) is 19.1. The van der Waals surface area contributed by atoms with E-state index in [1.165, 1.54) is 11.1 Å². The molecule has 6 heteroatoms. The van der Waals surface area contributed by atoms with Gasteiger partial charge in [-0.2, -0.15) is 0 Å². The number of nitrogens with one attached hydrogen (secondary N) is 2. The van der Waals surface area contributed by atoms with E-state index < -0.39 is 0 Å². The van der Waals surface area contributed by atoms with Crippen LogP contribution in [-0.4, -0.2) is 46.0 Å². The van der Waals surface area contributed by atoms with Crippen molar-refractivity contribution in [2.75, 3.05) is 33.9 Å². The van der Waals surface area contributed by atoms with Crippen LogP contribution in [0.25, 0.3) is 0 Å². The van der Waals surface area contributed by atoms with E-state index in [2.05, 4.69) is 59.8 Å². The Balaban J connectivity index is 1.49. The minimum absolute atomic E-state index is 0.137. The molecule has 1 aliphatic rings. The van der Waals surface area contributed by atoms with Crippen molar-refractivity contribution >= 4 is 5.96 Å². The van der Waals surface area contributed by atoms with E-state index in [4.69, 9.17) is 14.2 Å². The fraction of sp³-hybridized carbons (Fsp3) is 0.480. The molecule has 0 aromatic heterocycles. The molecule has 3 rings (SSSR count). The van der Waals surface area contributed by atoms with Crippen LogP contribution in [0.15, 0.2) is 47.5 Å². The van der Waals surface area contributed by atoms with E-state index in [1.54, 1.807) is 14.2 Å². The second-order valence-electron chi connectivity index (χ2n) is 8.03. The Morgan fingerprint density at radius 3 is 2.68 bits per heavy atom. The summed E-state index contributed by atoms with van der Waals surface area (Å²) < 4.78 is 16.9. The number of guanidine groups is 1. The molecule has 2 unspecified atom stereocenters. The van der Waals surface area contributed by atoms with Crippen molar-refractivity contribution in [3.05, 3.63) is 59.2 Å². The number of nitrogens with zero attached hydrogens (tertiary/aromatic N) is 1. The quantitative estimate of drug-likeness (QED) is 0.469. The first-order chi connectivity index (χ1) is 15.1. The van der Waals surface area contributed by atoms with Crippen molar-refractivity contribution in [1.29, 1.82) is 0 Å². The van der Waals surface area contributed by atoms with Gasteiger partial charge in [0.2, 0.25) is 0 Å². The summed E-state index contributed by atoms with van der Waals surface area (Å²) in [6.07, 6.45) is 2.08. The minimum Gasteiger partial charge on any atom is -0.497 e. The minimum atomic E-state index is 0.137. The highest BCUT2D eigenvalue weighted by Crippen LogP contribution is 2.24. The Labute approximate surface area is 186 Å². The topological polar surface area (TPSA) is 64.1 Å². The van der Waals surface area contributed by atoms with Gasteiger partial charge in [0.25, 0.3) is 0 Å². The Morgan fingerprint density at radius 2 is 2.00 bits per heavy atom. The number of ether oxygens (including phenoxy) is 3. The van der Waals surface area contributed by atoms with E-state index in [0.29, 0.717) is 19.1 Å². The highest BCUT2D eigenvalue weighted by Gasteiger charge is 2.18. The van der Waals surface area contributed by atoms with E-state index in [-0.39, 0.29) is 6.10 Å². The van der Waals surface area contributed by atoms with Crippen molar-refractivity contribution in [3.8, 4) is 11.5 Å². The second kappa shape index (κ2) is 11.6. The average Bonchev–Trinajstić information content (AvgIpc) is 3.30.